The lowest BCUT2D eigenvalue weighted by Gasteiger charge is -2.14. The summed E-state index contributed by atoms with van der Waals surface area (Å²) in [6, 6.07) is 1.49. The zero-order chi connectivity index (χ0) is 11.6. The summed E-state index contributed by atoms with van der Waals surface area (Å²) >= 11 is 4.58. The molecule has 0 saturated carbocycles. The van der Waals surface area contributed by atoms with E-state index in [4.69, 9.17) is 5.11 Å². The topological polar surface area (TPSA) is 42.2 Å². The van der Waals surface area contributed by atoms with Crippen molar-refractivity contribution in [3.63, 3.8) is 0 Å². The quantitative estimate of drug-likeness (QED) is 0.641. The number of hydrogen-bond donors (Lipinski definition) is 1. The van der Waals surface area contributed by atoms with Crippen molar-refractivity contribution in [3.8, 4) is 0 Å². The number of aliphatic hydroxyl groups excluding tert-OH is 1. The maximum Gasteiger partial charge on any atom is 0.347 e. The van der Waals surface area contributed by atoms with Crippen molar-refractivity contribution in [1.29, 1.82) is 0 Å². The Hall–Kier alpha value is -0.940. The second-order valence-corrected chi connectivity index (χ2v) is 3.75. The molecule has 1 rings (SSSR count). The first-order valence-electron chi connectivity index (χ1n) is 4.20. The third-order valence-corrected chi connectivity index (χ3v) is 2.16. The van der Waals surface area contributed by atoms with Crippen LogP contribution >= 0.6 is 11.6 Å². The van der Waals surface area contributed by atoms with Crippen LogP contribution in [0.15, 0.2) is 18.5 Å². The fourth-order valence-corrected chi connectivity index (χ4v) is 1.15. The molecule has 1 aromatic heterocycles. The molecule has 0 fully saturated rings. The number of carbonyl (C=O) groups excluding carboxylic acids is 1. The summed E-state index contributed by atoms with van der Waals surface area (Å²) in [5, 5.41) is 5.14. The second kappa shape index (κ2) is 4.28. The van der Waals surface area contributed by atoms with Crippen LogP contribution in [0.4, 0.5) is 8.78 Å². The van der Waals surface area contributed by atoms with Gasteiger partial charge in [-0.15, -0.1) is 0 Å². The van der Waals surface area contributed by atoms with E-state index in [0.29, 0.717) is 0 Å². The molecule has 0 aromatic carbocycles. The van der Waals surface area contributed by atoms with E-state index in [1.54, 1.807) is 17.8 Å². The Kier molecular flexibility index (Phi) is 3.46. The van der Waals surface area contributed by atoms with Gasteiger partial charge in [0.05, 0.1) is 0 Å². The summed E-state index contributed by atoms with van der Waals surface area (Å²) in [7, 11) is 1.70. The first-order chi connectivity index (χ1) is 6.80. The van der Waals surface area contributed by atoms with E-state index in [9.17, 15) is 13.6 Å². The third-order valence-electron chi connectivity index (χ3n) is 1.91. The molecule has 0 radical (unpaired) electrons. The Balaban J connectivity index is 2.64. The summed E-state index contributed by atoms with van der Waals surface area (Å²) in [5.74, 6) is -0.566. The van der Waals surface area contributed by atoms with Crippen LogP contribution in [-0.2, 0) is 7.05 Å². The SMILES string of the molecule is Cn1ccc(C(=O)C[C@H](O)C(F)(F)Cl)c1. The van der Waals surface area contributed by atoms with E-state index < -0.39 is 23.7 Å². The summed E-state index contributed by atoms with van der Waals surface area (Å²) in [5.41, 5.74) is 0.275. The van der Waals surface area contributed by atoms with Crippen molar-refractivity contribution in [2.24, 2.45) is 7.05 Å². The van der Waals surface area contributed by atoms with E-state index >= 15 is 0 Å². The highest BCUT2D eigenvalue weighted by Gasteiger charge is 2.37. The maximum atomic E-state index is 12.4. The van der Waals surface area contributed by atoms with Crippen LogP contribution in [0, 0.1) is 0 Å². The summed E-state index contributed by atoms with van der Waals surface area (Å²) in [6.07, 6.45) is 0.243. The fraction of sp³-hybridized carbons (Fsp3) is 0.444. The number of ketones is 1. The molecular weight excluding hydrogens is 228 g/mol. The van der Waals surface area contributed by atoms with Crippen LogP contribution in [0.1, 0.15) is 16.8 Å². The molecule has 1 aromatic rings. The highest BCUT2D eigenvalue weighted by molar-refractivity contribution is 6.22. The molecule has 3 nitrogen and oxygen atoms in total. The van der Waals surface area contributed by atoms with E-state index in [1.165, 1.54) is 12.3 Å². The molecule has 0 aliphatic rings. The molecule has 0 unspecified atom stereocenters. The number of rotatable bonds is 4. The van der Waals surface area contributed by atoms with Crippen molar-refractivity contribution in [2.45, 2.75) is 17.9 Å². The Bertz CT molecular complexity index is 359. The molecule has 0 amide bonds. The lowest BCUT2D eigenvalue weighted by atomic mass is 10.1. The van der Waals surface area contributed by atoms with Crippen LogP contribution in [0.5, 0.6) is 0 Å². The smallest absolute Gasteiger partial charge is 0.347 e. The van der Waals surface area contributed by atoms with Crippen LogP contribution in [-0.4, -0.2) is 26.9 Å². The Morgan fingerprint density at radius 2 is 2.33 bits per heavy atom. The van der Waals surface area contributed by atoms with Gasteiger partial charge in [0, 0.05) is 31.4 Å². The van der Waals surface area contributed by atoms with Crippen molar-refractivity contribution < 1.29 is 18.7 Å². The van der Waals surface area contributed by atoms with Gasteiger partial charge in [0.25, 0.3) is 0 Å². The second-order valence-electron chi connectivity index (χ2n) is 3.25. The van der Waals surface area contributed by atoms with Crippen molar-refractivity contribution in [3.05, 3.63) is 24.0 Å². The van der Waals surface area contributed by atoms with E-state index in [-0.39, 0.29) is 5.56 Å². The van der Waals surface area contributed by atoms with Gasteiger partial charge in [0.2, 0.25) is 0 Å². The zero-order valence-electron chi connectivity index (χ0n) is 7.95. The van der Waals surface area contributed by atoms with Crippen molar-refractivity contribution >= 4 is 17.4 Å². The minimum absolute atomic E-state index is 0.275. The van der Waals surface area contributed by atoms with Gasteiger partial charge in [0.1, 0.15) is 6.10 Å². The third kappa shape index (κ3) is 3.28. The maximum absolute atomic E-state index is 12.4. The van der Waals surface area contributed by atoms with Gasteiger partial charge in [-0.1, -0.05) is 0 Å². The molecule has 15 heavy (non-hydrogen) atoms. The van der Waals surface area contributed by atoms with Gasteiger partial charge >= 0.3 is 5.38 Å². The number of Topliss-reactive ketones (excluding diaryl/α,β-unsaturated/α-hetero) is 1. The number of carbonyl (C=O) groups is 1. The predicted octanol–water partition coefficient (Wildman–Crippen LogP) is 1.79. The van der Waals surface area contributed by atoms with Crippen LogP contribution in [0.3, 0.4) is 0 Å². The lowest BCUT2D eigenvalue weighted by molar-refractivity contribution is -0.0405. The highest BCUT2D eigenvalue weighted by atomic mass is 35.5. The molecular formula is C9H10ClF2NO2. The Morgan fingerprint density at radius 1 is 1.73 bits per heavy atom. The lowest BCUT2D eigenvalue weighted by Crippen LogP contribution is -2.29. The first-order valence-corrected chi connectivity index (χ1v) is 4.58. The molecule has 0 saturated heterocycles. The van der Waals surface area contributed by atoms with E-state index in [1.807, 2.05) is 0 Å². The number of hydrogen-bond acceptors (Lipinski definition) is 2. The predicted molar refractivity (Wildman–Crippen MR) is 51.2 cm³/mol. The molecule has 84 valence electrons. The monoisotopic (exact) mass is 237 g/mol. The summed E-state index contributed by atoms with van der Waals surface area (Å²) in [6.45, 7) is 0. The number of aryl methyl sites for hydroxylation is 1. The molecule has 1 N–H and O–H groups in total. The average molecular weight is 238 g/mol. The minimum atomic E-state index is -3.77. The number of aliphatic hydroxyl groups is 1. The Labute approximate surface area is 90.3 Å². The molecule has 0 aliphatic heterocycles. The van der Waals surface area contributed by atoms with Gasteiger partial charge < -0.3 is 9.67 Å². The van der Waals surface area contributed by atoms with Gasteiger partial charge in [-0.25, -0.2) is 0 Å². The van der Waals surface area contributed by atoms with Crippen LogP contribution in [0.25, 0.3) is 0 Å². The van der Waals surface area contributed by atoms with Gasteiger partial charge in [-0.3, -0.25) is 4.79 Å². The molecule has 0 spiro atoms. The number of alkyl halides is 3. The molecule has 1 atom stereocenters. The van der Waals surface area contributed by atoms with E-state index in [2.05, 4.69) is 11.6 Å². The number of nitrogens with zero attached hydrogens (tertiary/aromatic N) is 1. The first kappa shape index (κ1) is 12.1. The van der Waals surface area contributed by atoms with Crippen LogP contribution in [0.2, 0.25) is 0 Å². The number of halogens is 3. The average Bonchev–Trinajstić information content (AvgIpc) is 2.50. The molecule has 6 heteroatoms. The fourth-order valence-electron chi connectivity index (χ4n) is 1.08. The standard InChI is InChI=1S/C9H10ClF2NO2/c1-13-3-2-6(5-13)7(14)4-8(15)9(10,11)12/h2-3,5,8,15H,4H2,1H3/t8-/m0/s1. The zero-order valence-corrected chi connectivity index (χ0v) is 8.71. The molecule has 0 bridgehead atoms. The Morgan fingerprint density at radius 3 is 2.73 bits per heavy atom. The van der Waals surface area contributed by atoms with Gasteiger partial charge in [-0.05, 0) is 17.7 Å². The highest BCUT2D eigenvalue weighted by Crippen LogP contribution is 2.26. The normalized spacial score (nSPS) is 13.9. The van der Waals surface area contributed by atoms with Gasteiger partial charge in [0.15, 0.2) is 5.78 Å². The molecule has 1 heterocycles. The van der Waals surface area contributed by atoms with Crippen molar-refractivity contribution in [2.75, 3.05) is 0 Å². The molecule has 0 aliphatic carbocycles. The number of aromatic nitrogens is 1. The summed E-state index contributed by atoms with van der Waals surface area (Å²) in [4.78, 5) is 11.3. The van der Waals surface area contributed by atoms with Crippen LogP contribution < -0.4 is 0 Å². The summed E-state index contributed by atoms with van der Waals surface area (Å²) < 4.78 is 26.3. The minimum Gasteiger partial charge on any atom is -0.385 e. The van der Waals surface area contributed by atoms with Gasteiger partial charge in [-0.2, -0.15) is 8.78 Å². The largest absolute Gasteiger partial charge is 0.385 e. The van der Waals surface area contributed by atoms with E-state index in [0.717, 1.165) is 0 Å². The van der Waals surface area contributed by atoms with Crippen molar-refractivity contribution in [1.82, 2.24) is 4.57 Å².